The van der Waals surface area contributed by atoms with Gasteiger partial charge < -0.3 is 9.15 Å². The third kappa shape index (κ3) is 3.05. The molecule has 6 aromatic rings. The second-order valence-corrected chi connectivity index (χ2v) is 8.58. The summed E-state index contributed by atoms with van der Waals surface area (Å²) in [5.41, 5.74) is 4.76. The van der Waals surface area contributed by atoms with E-state index in [1.54, 1.807) is 34.2 Å². The highest BCUT2D eigenvalue weighted by Gasteiger charge is 2.39. The number of rotatable bonds is 3. The Balaban J connectivity index is 1.47. The number of nitrogens with zero attached hydrogens (tertiary/aromatic N) is 7. The highest BCUT2D eigenvalue weighted by molar-refractivity contribution is 6.30. The van der Waals surface area contributed by atoms with Crippen LogP contribution in [0.5, 0.6) is 11.8 Å². The first-order chi connectivity index (χ1) is 17.2. The van der Waals surface area contributed by atoms with E-state index in [0.717, 1.165) is 33.8 Å². The van der Waals surface area contributed by atoms with Gasteiger partial charge in [0.05, 0.1) is 34.7 Å². The average molecular weight is 482 g/mol. The maximum atomic E-state index is 6.39. The molecule has 0 amide bonds. The van der Waals surface area contributed by atoms with Gasteiger partial charge in [0.25, 0.3) is 0 Å². The fourth-order valence-corrected chi connectivity index (χ4v) is 4.62. The minimum Gasteiger partial charge on any atom is -0.468 e. The number of hydrogen-bond acceptors (Lipinski definition) is 7. The van der Waals surface area contributed by atoms with Crippen molar-refractivity contribution in [1.29, 1.82) is 0 Å². The second kappa shape index (κ2) is 7.51. The number of hydrogen-bond donors (Lipinski definition) is 0. The molecular weight excluding hydrogens is 466 g/mol. The minimum absolute atomic E-state index is 0.338. The van der Waals surface area contributed by atoms with Crippen LogP contribution in [-0.4, -0.2) is 34.3 Å². The van der Waals surface area contributed by atoms with Crippen LogP contribution in [0.3, 0.4) is 0 Å². The van der Waals surface area contributed by atoms with Crippen LogP contribution in [0.15, 0.2) is 77.9 Å². The molecule has 1 aliphatic heterocycles. The molecular formula is C25H16ClN7O2. The SMILES string of the molecule is Cc1nn(-c2ccc(Cl)cc2)c2c1C(c1ccco1)c1c(ncn3nc(-c4ccncc4)nc13)O2. The summed E-state index contributed by atoms with van der Waals surface area (Å²) in [4.78, 5) is 13.5. The maximum Gasteiger partial charge on any atom is 0.230 e. The zero-order valence-corrected chi connectivity index (χ0v) is 19.1. The zero-order valence-electron chi connectivity index (χ0n) is 18.3. The number of pyridine rings is 1. The summed E-state index contributed by atoms with van der Waals surface area (Å²) >= 11 is 6.11. The number of ether oxygens (including phenoxy) is 1. The van der Waals surface area contributed by atoms with Crippen molar-refractivity contribution in [2.75, 3.05) is 0 Å². The maximum absolute atomic E-state index is 6.39. The molecule has 0 radical (unpaired) electrons. The molecule has 1 unspecified atom stereocenters. The van der Waals surface area contributed by atoms with Crippen LogP contribution < -0.4 is 4.74 Å². The predicted octanol–water partition coefficient (Wildman–Crippen LogP) is 5.21. The highest BCUT2D eigenvalue weighted by atomic mass is 35.5. The minimum atomic E-state index is -0.338. The molecule has 35 heavy (non-hydrogen) atoms. The molecule has 7 rings (SSSR count). The van der Waals surface area contributed by atoms with Crippen molar-refractivity contribution in [2.24, 2.45) is 0 Å². The van der Waals surface area contributed by atoms with Crippen molar-refractivity contribution in [2.45, 2.75) is 12.8 Å². The van der Waals surface area contributed by atoms with Gasteiger partial charge in [0, 0.05) is 23.0 Å². The molecule has 1 atom stereocenters. The van der Waals surface area contributed by atoms with Crippen molar-refractivity contribution in [3.63, 3.8) is 0 Å². The highest BCUT2D eigenvalue weighted by Crippen LogP contribution is 2.49. The van der Waals surface area contributed by atoms with E-state index in [-0.39, 0.29) is 5.92 Å². The summed E-state index contributed by atoms with van der Waals surface area (Å²) in [7, 11) is 0. The van der Waals surface area contributed by atoms with Crippen molar-refractivity contribution < 1.29 is 9.15 Å². The summed E-state index contributed by atoms with van der Waals surface area (Å²) in [5, 5.41) is 10.1. The Bertz CT molecular complexity index is 1690. The number of fused-ring (bicyclic) bond motifs is 4. The van der Waals surface area contributed by atoms with E-state index in [0.29, 0.717) is 28.3 Å². The van der Waals surface area contributed by atoms with Gasteiger partial charge in [-0.3, -0.25) is 4.98 Å². The zero-order chi connectivity index (χ0) is 23.5. The Labute approximate surface area is 203 Å². The molecule has 0 saturated heterocycles. The van der Waals surface area contributed by atoms with E-state index >= 15 is 0 Å². The molecule has 5 aromatic heterocycles. The van der Waals surface area contributed by atoms with Crippen molar-refractivity contribution in [3.8, 4) is 28.8 Å². The normalized spacial score (nSPS) is 14.5. The summed E-state index contributed by atoms with van der Waals surface area (Å²) in [6.45, 7) is 1.95. The van der Waals surface area contributed by atoms with Gasteiger partial charge in [0.2, 0.25) is 11.8 Å². The Kier molecular flexibility index (Phi) is 4.27. The van der Waals surface area contributed by atoms with E-state index in [1.807, 2.05) is 55.5 Å². The van der Waals surface area contributed by atoms with E-state index < -0.39 is 0 Å². The Morgan fingerprint density at radius 3 is 2.57 bits per heavy atom. The van der Waals surface area contributed by atoms with Crippen LogP contribution in [-0.2, 0) is 0 Å². The predicted molar refractivity (Wildman–Crippen MR) is 127 cm³/mol. The molecule has 6 heterocycles. The summed E-state index contributed by atoms with van der Waals surface area (Å²) < 4.78 is 15.7. The lowest BCUT2D eigenvalue weighted by atomic mass is 9.88. The topological polar surface area (TPSA) is 96.2 Å². The number of aryl methyl sites for hydroxylation is 1. The van der Waals surface area contributed by atoms with Gasteiger partial charge in [-0.2, -0.15) is 5.10 Å². The summed E-state index contributed by atoms with van der Waals surface area (Å²) in [6, 6.07) is 15.0. The molecule has 0 aliphatic carbocycles. The first kappa shape index (κ1) is 19.9. The van der Waals surface area contributed by atoms with Crippen LogP contribution in [0, 0.1) is 6.92 Å². The standard InChI is InChI=1S/C25H16ClN7O2/c1-14-19-20(18-3-2-12-34-18)21-23-29-22(15-8-10-27-11-9-15)31-32(23)13-28-24(21)35-25(19)33(30-14)17-6-4-16(26)5-7-17/h2-13,20H,1H3. The molecule has 0 spiro atoms. The smallest absolute Gasteiger partial charge is 0.230 e. The van der Waals surface area contributed by atoms with E-state index in [9.17, 15) is 0 Å². The Morgan fingerprint density at radius 2 is 1.80 bits per heavy atom. The number of furan rings is 1. The third-order valence-corrected chi connectivity index (χ3v) is 6.31. The monoisotopic (exact) mass is 481 g/mol. The van der Waals surface area contributed by atoms with E-state index in [2.05, 4.69) is 15.1 Å². The number of halogens is 1. The average Bonchev–Trinajstić information content (AvgIpc) is 3.63. The van der Waals surface area contributed by atoms with Crippen LogP contribution in [0.1, 0.15) is 28.5 Å². The summed E-state index contributed by atoms with van der Waals surface area (Å²) in [6.07, 6.45) is 6.68. The van der Waals surface area contributed by atoms with Gasteiger partial charge in [-0.15, -0.1) is 5.10 Å². The lowest BCUT2D eigenvalue weighted by Gasteiger charge is -2.24. The molecule has 9 nitrogen and oxygen atoms in total. The Morgan fingerprint density at radius 1 is 0.971 bits per heavy atom. The molecule has 0 bridgehead atoms. The second-order valence-electron chi connectivity index (χ2n) is 8.15. The first-order valence-corrected chi connectivity index (χ1v) is 11.3. The molecule has 1 aliphatic rings. The first-order valence-electron chi connectivity index (χ1n) is 10.9. The molecule has 0 fully saturated rings. The van der Waals surface area contributed by atoms with Gasteiger partial charge >= 0.3 is 0 Å². The third-order valence-electron chi connectivity index (χ3n) is 6.06. The summed E-state index contributed by atoms with van der Waals surface area (Å²) in [5.74, 6) is 1.97. The molecule has 0 N–H and O–H groups in total. The van der Waals surface area contributed by atoms with Gasteiger partial charge in [-0.25, -0.2) is 19.2 Å². The van der Waals surface area contributed by atoms with Gasteiger partial charge in [0.15, 0.2) is 11.5 Å². The lowest BCUT2D eigenvalue weighted by molar-refractivity contribution is 0.392. The largest absolute Gasteiger partial charge is 0.468 e. The van der Waals surface area contributed by atoms with E-state index in [1.165, 1.54) is 0 Å². The van der Waals surface area contributed by atoms with Gasteiger partial charge in [0.1, 0.15) is 12.1 Å². The van der Waals surface area contributed by atoms with Gasteiger partial charge in [-0.1, -0.05) is 11.6 Å². The van der Waals surface area contributed by atoms with Crippen LogP contribution in [0.2, 0.25) is 5.02 Å². The molecule has 1 aromatic carbocycles. The van der Waals surface area contributed by atoms with Gasteiger partial charge in [-0.05, 0) is 55.5 Å². The van der Waals surface area contributed by atoms with Crippen LogP contribution >= 0.6 is 11.6 Å². The fraction of sp³-hybridized carbons (Fsp3) is 0.0800. The number of aromatic nitrogens is 7. The Hall–Kier alpha value is -4.50. The van der Waals surface area contributed by atoms with Crippen molar-refractivity contribution >= 4 is 17.2 Å². The molecule has 0 saturated carbocycles. The van der Waals surface area contributed by atoms with Crippen LogP contribution in [0.25, 0.3) is 22.7 Å². The quantitative estimate of drug-likeness (QED) is 0.341. The molecule has 10 heteroatoms. The van der Waals surface area contributed by atoms with Crippen molar-refractivity contribution in [3.05, 3.63) is 101 Å². The molecule has 170 valence electrons. The van der Waals surface area contributed by atoms with E-state index in [4.69, 9.17) is 30.8 Å². The van der Waals surface area contributed by atoms with Crippen molar-refractivity contribution in [1.82, 2.24) is 34.3 Å². The lowest BCUT2D eigenvalue weighted by Crippen LogP contribution is -2.15. The van der Waals surface area contributed by atoms with Crippen LogP contribution in [0.4, 0.5) is 0 Å². The fourth-order valence-electron chi connectivity index (χ4n) is 4.50. The number of benzene rings is 1.